The van der Waals surface area contributed by atoms with E-state index in [4.69, 9.17) is 4.42 Å². The van der Waals surface area contributed by atoms with E-state index in [-0.39, 0.29) is 18.2 Å². The van der Waals surface area contributed by atoms with Gasteiger partial charge in [0.1, 0.15) is 5.76 Å². The Kier molecular flexibility index (Phi) is 2.48. The van der Waals surface area contributed by atoms with Crippen molar-refractivity contribution in [3.63, 3.8) is 0 Å². The molecule has 0 atom stereocenters. The second-order valence-corrected chi connectivity index (χ2v) is 4.28. The molecule has 3 rings (SSSR count). The summed E-state index contributed by atoms with van der Waals surface area (Å²) in [7, 11) is 0. The van der Waals surface area contributed by atoms with Crippen molar-refractivity contribution in [3.05, 3.63) is 53.0 Å². The normalized spacial score (nSPS) is 21.2. The Morgan fingerprint density at radius 2 is 2.22 bits per heavy atom. The van der Waals surface area contributed by atoms with E-state index in [0.29, 0.717) is 12.0 Å². The van der Waals surface area contributed by atoms with Crippen molar-refractivity contribution < 1.29 is 14.0 Å². The van der Waals surface area contributed by atoms with Crippen LogP contribution in [0.4, 0.5) is 0 Å². The third-order valence-electron chi connectivity index (χ3n) is 2.97. The number of carbonyl (C=O) groups excluding carboxylic acids is 2. The van der Waals surface area contributed by atoms with Gasteiger partial charge in [-0.3, -0.25) is 14.9 Å². The average molecular weight is 241 g/mol. The van der Waals surface area contributed by atoms with Crippen molar-refractivity contribution in [2.45, 2.75) is 12.8 Å². The Morgan fingerprint density at radius 1 is 1.33 bits per heavy atom. The summed E-state index contributed by atoms with van der Waals surface area (Å²) in [5, 5.41) is 2.31. The summed E-state index contributed by atoms with van der Waals surface area (Å²) in [5.41, 5.74) is 2.44. The highest BCUT2D eigenvalue weighted by Gasteiger charge is 2.26. The van der Waals surface area contributed by atoms with Gasteiger partial charge in [0.2, 0.25) is 5.91 Å². The van der Waals surface area contributed by atoms with E-state index in [9.17, 15) is 9.59 Å². The molecule has 1 saturated heterocycles. The molecule has 1 N–H and O–H groups in total. The monoisotopic (exact) mass is 241 g/mol. The van der Waals surface area contributed by atoms with E-state index in [1.807, 2.05) is 30.4 Å². The molecule has 2 amide bonds. The fraction of sp³-hybridized carbons (Fsp3) is 0.143. The van der Waals surface area contributed by atoms with Gasteiger partial charge in [0.05, 0.1) is 12.7 Å². The predicted molar refractivity (Wildman–Crippen MR) is 65.2 cm³/mol. The molecule has 18 heavy (non-hydrogen) atoms. The number of furan rings is 1. The molecule has 2 heterocycles. The highest BCUT2D eigenvalue weighted by atomic mass is 16.3. The lowest BCUT2D eigenvalue weighted by atomic mass is 9.89. The number of carbonyl (C=O) groups is 2. The van der Waals surface area contributed by atoms with Gasteiger partial charge in [-0.05, 0) is 35.8 Å². The first-order valence-electron chi connectivity index (χ1n) is 5.72. The van der Waals surface area contributed by atoms with Gasteiger partial charge < -0.3 is 4.42 Å². The van der Waals surface area contributed by atoms with Gasteiger partial charge in [-0.15, -0.1) is 0 Å². The van der Waals surface area contributed by atoms with Crippen LogP contribution in [-0.2, 0) is 9.59 Å². The van der Waals surface area contributed by atoms with Gasteiger partial charge in [-0.25, -0.2) is 0 Å². The summed E-state index contributed by atoms with van der Waals surface area (Å²) < 4.78 is 5.24. The van der Waals surface area contributed by atoms with Crippen LogP contribution in [0.5, 0.6) is 0 Å². The van der Waals surface area contributed by atoms with Crippen molar-refractivity contribution in [3.8, 4) is 0 Å². The number of nitrogens with one attached hydrogen (secondary N) is 1. The SMILES string of the molecule is O=C1CC2=CC(=Cc3ccco3)CC=C2C(=O)N1. The average Bonchev–Trinajstić information content (AvgIpc) is 2.81. The zero-order valence-electron chi connectivity index (χ0n) is 9.60. The molecule has 0 spiro atoms. The van der Waals surface area contributed by atoms with Crippen molar-refractivity contribution in [2.24, 2.45) is 0 Å². The number of piperidine rings is 1. The van der Waals surface area contributed by atoms with Crippen LogP contribution in [0.2, 0.25) is 0 Å². The minimum Gasteiger partial charge on any atom is -0.465 e. The Morgan fingerprint density at radius 3 is 3.00 bits per heavy atom. The highest BCUT2D eigenvalue weighted by molar-refractivity contribution is 6.12. The molecular formula is C14H11NO3. The lowest BCUT2D eigenvalue weighted by molar-refractivity contribution is -0.129. The van der Waals surface area contributed by atoms with Crippen molar-refractivity contribution in [2.75, 3.05) is 0 Å². The van der Waals surface area contributed by atoms with Gasteiger partial charge in [0, 0.05) is 5.57 Å². The molecule has 0 bridgehead atoms. The molecule has 0 radical (unpaired) electrons. The number of imide groups is 1. The van der Waals surface area contributed by atoms with Crippen LogP contribution in [-0.4, -0.2) is 11.8 Å². The summed E-state index contributed by atoms with van der Waals surface area (Å²) in [6.07, 6.45) is 8.20. The molecule has 0 saturated carbocycles. The van der Waals surface area contributed by atoms with Gasteiger partial charge in [-0.1, -0.05) is 12.2 Å². The number of amides is 2. The first-order chi connectivity index (χ1) is 8.72. The van der Waals surface area contributed by atoms with Gasteiger partial charge in [0.25, 0.3) is 5.91 Å². The Hall–Kier alpha value is -2.36. The minimum absolute atomic E-state index is 0.248. The first-order valence-corrected chi connectivity index (χ1v) is 5.72. The molecule has 90 valence electrons. The number of allylic oxidation sites excluding steroid dienone is 3. The molecule has 1 aliphatic carbocycles. The maximum Gasteiger partial charge on any atom is 0.257 e. The lowest BCUT2D eigenvalue weighted by Gasteiger charge is -2.21. The van der Waals surface area contributed by atoms with Crippen molar-refractivity contribution >= 4 is 17.9 Å². The van der Waals surface area contributed by atoms with E-state index in [1.54, 1.807) is 6.26 Å². The van der Waals surface area contributed by atoms with Crippen molar-refractivity contribution in [1.82, 2.24) is 5.32 Å². The van der Waals surface area contributed by atoms with Crippen LogP contribution < -0.4 is 5.32 Å². The van der Waals surface area contributed by atoms with Crippen LogP contribution in [0.25, 0.3) is 6.08 Å². The Balaban J connectivity index is 1.92. The summed E-state index contributed by atoms with van der Waals surface area (Å²) in [6.45, 7) is 0. The third-order valence-corrected chi connectivity index (χ3v) is 2.97. The second-order valence-electron chi connectivity index (χ2n) is 4.28. The number of fused-ring (bicyclic) bond motifs is 1. The fourth-order valence-electron chi connectivity index (χ4n) is 2.16. The molecule has 4 heteroatoms. The highest BCUT2D eigenvalue weighted by Crippen LogP contribution is 2.28. The molecule has 0 unspecified atom stereocenters. The zero-order chi connectivity index (χ0) is 12.5. The van der Waals surface area contributed by atoms with Gasteiger partial charge in [0.15, 0.2) is 0 Å². The topological polar surface area (TPSA) is 59.3 Å². The molecule has 4 nitrogen and oxygen atoms in total. The molecule has 1 aliphatic heterocycles. The van der Waals surface area contributed by atoms with Crippen molar-refractivity contribution in [1.29, 1.82) is 0 Å². The minimum atomic E-state index is -0.297. The Bertz CT molecular complexity index is 603. The van der Waals surface area contributed by atoms with E-state index < -0.39 is 0 Å². The number of hydrogen-bond donors (Lipinski definition) is 1. The second kappa shape index (κ2) is 4.14. The van der Waals surface area contributed by atoms with Gasteiger partial charge in [-0.2, -0.15) is 0 Å². The largest absolute Gasteiger partial charge is 0.465 e. The third kappa shape index (κ3) is 1.93. The van der Waals surface area contributed by atoms with E-state index >= 15 is 0 Å². The quantitative estimate of drug-likeness (QED) is 0.765. The maximum atomic E-state index is 11.6. The lowest BCUT2D eigenvalue weighted by Crippen LogP contribution is -2.37. The zero-order valence-corrected chi connectivity index (χ0v) is 9.60. The maximum absolute atomic E-state index is 11.6. The Labute approximate surface area is 104 Å². The molecule has 1 fully saturated rings. The number of rotatable bonds is 1. The summed E-state index contributed by atoms with van der Waals surface area (Å²) in [6, 6.07) is 3.69. The molecule has 2 aliphatic rings. The molecule has 1 aromatic rings. The summed E-state index contributed by atoms with van der Waals surface area (Å²) in [5.74, 6) is 0.225. The smallest absolute Gasteiger partial charge is 0.257 e. The molecule has 1 aromatic heterocycles. The summed E-state index contributed by atoms with van der Waals surface area (Å²) in [4.78, 5) is 22.9. The predicted octanol–water partition coefficient (Wildman–Crippen LogP) is 1.97. The van der Waals surface area contributed by atoms with Crippen LogP contribution in [0, 0.1) is 0 Å². The number of hydrogen-bond acceptors (Lipinski definition) is 3. The van der Waals surface area contributed by atoms with Crippen LogP contribution in [0.15, 0.2) is 51.7 Å². The fourth-order valence-corrected chi connectivity index (χ4v) is 2.16. The van der Waals surface area contributed by atoms with Gasteiger partial charge >= 0.3 is 0 Å². The molecule has 0 aromatic carbocycles. The van der Waals surface area contributed by atoms with E-state index in [0.717, 1.165) is 16.9 Å². The first kappa shape index (κ1) is 10.8. The standard InChI is InChI=1S/C14H11NO3/c16-13-8-10-6-9(7-11-2-1-5-18-11)3-4-12(10)14(17)15-13/h1-2,4-7H,3,8H2,(H,15,16,17). The van der Waals surface area contributed by atoms with Crippen LogP contribution in [0.1, 0.15) is 18.6 Å². The van der Waals surface area contributed by atoms with Crippen LogP contribution >= 0.6 is 0 Å². The molecular weight excluding hydrogens is 230 g/mol. The van der Waals surface area contributed by atoms with Crippen LogP contribution in [0.3, 0.4) is 0 Å². The summed E-state index contributed by atoms with van der Waals surface area (Å²) >= 11 is 0. The van der Waals surface area contributed by atoms with E-state index in [2.05, 4.69) is 5.32 Å². The van der Waals surface area contributed by atoms with E-state index in [1.165, 1.54) is 0 Å².